The van der Waals surface area contributed by atoms with Crippen molar-refractivity contribution in [1.82, 2.24) is 10.2 Å². The molecule has 1 saturated carbocycles. The molecule has 2 nitrogen and oxygen atoms in total. The molecule has 1 N–H and O–H groups in total. The van der Waals surface area contributed by atoms with Crippen molar-refractivity contribution in [2.24, 2.45) is 17.3 Å². The first-order chi connectivity index (χ1) is 8.36. The first-order valence-electron chi connectivity index (χ1n) is 7.83. The zero-order chi connectivity index (χ0) is 13.3. The lowest BCUT2D eigenvalue weighted by Gasteiger charge is -2.44. The fraction of sp³-hybridized carbons (Fsp3) is 1.00. The molecule has 1 heterocycles. The highest BCUT2D eigenvalue weighted by Crippen LogP contribution is 2.32. The fourth-order valence-corrected chi connectivity index (χ4v) is 3.58. The van der Waals surface area contributed by atoms with Gasteiger partial charge in [-0.15, -0.1) is 0 Å². The molecule has 2 heteroatoms. The first kappa shape index (κ1) is 14.3. The Morgan fingerprint density at radius 1 is 1.17 bits per heavy atom. The van der Waals surface area contributed by atoms with Crippen molar-refractivity contribution in [1.29, 1.82) is 0 Å². The Labute approximate surface area is 114 Å². The van der Waals surface area contributed by atoms with Gasteiger partial charge in [0.25, 0.3) is 0 Å². The first-order valence-corrected chi connectivity index (χ1v) is 7.83. The van der Waals surface area contributed by atoms with Gasteiger partial charge in [-0.3, -0.25) is 4.90 Å². The molecule has 0 spiro atoms. The minimum Gasteiger partial charge on any atom is -0.311 e. The van der Waals surface area contributed by atoms with Crippen molar-refractivity contribution in [3.63, 3.8) is 0 Å². The highest BCUT2D eigenvalue weighted by molar-refractivity contribution is 4.91. The number of piperazine rings is 1. The molecule has 1 aliphatic carbocycles. The second-order valence-electron chi connectivity index (χ2n) is 7.91. The van der Waals surface area contributed by atoms with Crippen LogP contribution in [-0.4, -0.2) is 36.6 Å². The van der Waals surface area contributed by atoms with Crippen LogP contribution in [0.5, 0.6) is 0 Å². The SMILES string of the molecule is CC1CCC(CN2CC(C(C)(C)C)NCC2C)C1. The standard InChI is InChI=1S/C16H32N2/c1-12-6-7-14(8-12)10-18-11-15(16(3,4)5)17-9-13(18)2/h12-15,17H,6-11H2,1-5H3. The van der Waals surface area contributed by atoms with Crippen LogP contribution in [0.25, 0.3) is 0 Å². The number of nitrogens with one attached hydrogen (secondary N) is 1. The van der Waals surface area contributed by atoms with Crippen LogP contribution >= 0.6 is 0 Å². The molecule has 0 amide bonds. The van der Waals surface area contributed by atoms with E-state index in [1.807, 2.05) is 0 Å². The van der Waals surface area contributed by atoms with E-state index < -0.39 is 0 Å². The smallest absolute Gasteiger partial charge is 0.0244 e. The average Bonchev–Trinajstić information content (AvgIpc) is 2.66. The summed E-state index contributed by atoms with van der Waals surface area (Å²) in [4.78, 5) is 2.75. The summed E-state index contributed by atoms with van der Waals surface area (Å²) in [5, 5.41) is 3.73. The zero-order valence-electron chi connectivity index (χ0n) is 13.0. The van der Waals surface area contributed by atoms with Gasteiger partial charge in [0, 0.05) is 31.7 Å². The molecule has 4 atom stereocenters. The molecule has 0 aromatic rings. The van der Waals surface area contributed by atoms with Gasteiger partial charge in [0.05, 0.1) is 0 Å². The zero-order valence-corrected chi connectivity index (χ0v) is 13.0. The van der Waals surface area contributed by atoms with Crippen LogP contribution in [0, 0.1) is 17.3 Å². The van der Waals surface area contributed by atoms with Crippen LogP contribution in [0.15, 0.2) is 0 Å². The largest absolute Gasteiger partial charge is 0.311 e. The maximum Gasteiger partial charge on any atom is 0.0244 e. The van der Waals surface area contributed by atoms with Gasteiger partial charge >= 0.3 is 0 Å². The minimum atomic E-state index is 0.376. The molecule has 106 valence electrons. The number of nitrogens with zero attached hydrogens (tertiary/aromatic N) is 1. The monoisotopic (exact) mass is 252 g/mol. The number of hydrogen-bond acceptors (Lipinski definition) is 2. The number of rotatable bonds is 2. The van der Waals surface area contributed by atoms with Gasteiger partial charge in [-0.1, -0.05) is 34.1 Å². The van der Waals surface area contributed by atoms with Gasteiger partial charge in [-0.2, -0.15) is 0 Å². The predicted molar refractivity (Wildman–Crippen MR) is 78.8 cm³/mol. The third kappa shape index (κ3) is 3.48. The van der Waals surface area contributed by atoms with Gasteiger partial charge in [0.2, 0.25) is 0 Å². The predicted octanol–water partition coefficient (Wildman–Crippen LogP) is 3.13. The molecule has 4 unspecified atom stereocenters. The summed E-state index contributed by atoms with van der Waals surface area (Å²) in [7, 11) is 0. The molecule has 0 radical (unpaired) electrons. The summed E-state index contributed by atoms with van der Waals surface area (Å²) in [6.07, 6.45) is 4.36. The van der Waals surface area contributed by atoms with E-state index >= 15 is 0 Å². The Kier molecular flexibility index (Phi) is 4.38. The summed E-state index contributed by atoms with van der Waals surface area (Å²) < 4.78 is 0. The van der Waals surface area contributed by atoms with E-state index in [2.05, 4.69) is 44.8 Å². The van der Waals surface area contributed by atoms with Gasteiger partial charge < -0.3 is 5.32 Å². The van der Waals surface area contributed by atoms with E-state index in [0.717, 1.165) is 18.4 Å². The van der Waals surface area contributed by atoms with E-state index in [1.54, 1.807) is 0 Å². The van der Waals surface area contributed by atoms with E-state index in [-0.39, 0.29) is 0 Å². The summed E-state index contributed by atoms with van der Waals surface area (Å²) in [5.41, 5.74) is 0.376. The van der Waals surface area contributed by atoms with E-state index in [4.69, 9.17) is 0 Å². The maximum absolute atomic E-state index is 3.73. The van der Waals surface area contributed by atoms with Crippen molar-refractivity contribution >= 4 is 0 Å². The number of hydrogen-bond donors (Lipinski definition) is 1. The lowest BCUT2D eigenvalue weighted by atomic mass is 9.84. The molecule has 1 aliphatic heterocycles. The van der Waals surface area contributed by atoms with Crippen molar-refractivity contribution in [2.75, 3.05) is 19.6 Å². The molecular formula is C16H32N2. The highest BCUT2D eigenvalue weighted by Gasteiger charge is 2.34. The van der Waals surface area contributed by atoms with Gasteiger partial charge in [0.1, 0.15) is 0 Å². The second-order valence-corrected chi connectivity index (χ2v) is 7.91. The quantitative estimate of drug-likeness (QED) is 0.812. The Bertz CT molecular complexity index is 269. The lowest BCUT2D eigenvalue weighted by molar-refractivity contribution is 0.0798. The van der Waals surface area contributed by atoms with Crippen molar-refractivity contribution in [3.05, 3.63) is 0 Å². The third-order valence-electron chi connectivity index (χ3n) is 5.04. The molecular weight excluding hydrogens is 220 g/mol. The van der Waals surface area contributed by atoms with Crippen LogP contribution in [0.1, 0.15) is 53.9 Å². The molecule has 18 heavy (non-hydrogen) atoms. The minimum absolute atomic E-state index is 0.376. The Balaban J connectivity index is 1.89. The fourth-order valence-electron chi connectivity index (χ4n) is 3.58. The van der Waals surface area contributed by atoms with Crippen LogP contribution in [0.4, 0.5) is 0 Å². The van der Waals surface area contributed by atoms with Crippen LogP contribution in [0.2, 0.25) is 0 Å². The van der Waals surface area contributed by atoms with Crippen LogP contribution < -0.4 is 5.32 Å². The average molecular weight is 252 g/mol. The van der Waals surface area contributed by atoms with Gasteiger partial charge in [0.15, 0.2) is 0 Å². The van der Waals surface area contributed by atoms with Crippen molar-refractivity contribution in [3.8, 4) is 0 Å². The molecule has 2 aliphatic rings. The Morgan fingerprint density at radius 3 is 2.44 bits per heavy atom. The highest BCUT2D eigenvalue weighted by atomic mass is 15.2. The van der Waals surface area contributed by atoms with Crippen molar-refractivity contribution in [2.45, 2.75) is 66.0 Å². The van der Waals surface area contributed by atoms with Crippen molar-refractivity contribution < 1.29 is 0 Å². The Morgan fingerprint density at radius 2 is 1.89 bits per heavy atom. The maximum atomic E-state index is 3.73. The molecule has 0 aromatic carbocycles. The molecule has 0 bridgehead atoms. The normalized spacial score (nSPS) is 39.2. The summed E-state index contributed by atoms with van der Waals surface area (Å²) in [5.74, 6) is 1.92. The molecule has 2 fully saturated rings. The van der Waals surface area contributed by atoms with Crippen LogP contribution in [-0.2, 0) is 0 Å². The van der Waals surface area contributed by atoms with E-state index in [0.29, 0.717) is 17.5 Å². The van der Waals surface area contributed by atoms with Gasteiger partial charge in [-0.25, -0.2) is 0 Å². The Hall–Kier alpha value is -0.0800. The van der Waals surface area contributed by atoms with Gasteiger partial charge in [-0.05, 0) is 37.0 Å². The van der Waals surface area contributed by atoms with E-state index in [1.165, 1.54) is 32.4 Å². The summed E-state index contributed by atoms with van der Waals surface area (Å²) >= 11 is 0. The molecule has 0 aromatic heterocycles. The summed E-state index contributed by atoms with van der Waals surface area (Å²) in [6, 6.07) is 1.35. The van der Waals surface area contributed by atoms with Crippen LogP contribution in [0.3, 0.4) is 0 Å². The third-order valence-corrected chi connectivity index (χ3v) is 5.04. The topological polar surface area (TPSA) is 15.3 Å². The summed E-state index contributed by atoms with van der Waals surface area (Å²) in [6.45, 7) is 15.6. The lowest BCUT2D eigenvalue weighted by Crippen LogP contribution is -2.60. The molecule has 1 saturated heterocycles. The van der Waals surface area contributed by atoms with E-state index in [9.17, 15) is 0 Å². The second kappa shape index (κ2) is 5.50. The molecule has 2 rings (SSSR count).